The number of ether oxygens (including phenoxy) is 1. The fourth-order valence-electron chi connectivity index (χ4n) is 3.83. The van der Waals surface area contributed by atoms with Crippen molar-refractivity contribution in [3.05, 3.63) is 99.8 Å². The van der Waals surface area contributed by atoms with Gasteiger partial charge in [-0.15, -0.1) is 0 Å². The molecule has 2 amide bonds. The van der Waals surface area contributed by atoms with Crippen LogP contribution >= 0.6 is 11.6 Å². The molecule has 3 aromatic rings. The van der Waals surface area contributed by atoms with Crippen LogP contribution in [-0.4, -0.2) is 28.6 Å². The SMILES string of the molecule is O=C(O)COc1ccc(Cl)cc1C1c2ccccc2CN1C(=O)NCc1ccccc1F. The summed E-state index contributed by atoms with van der Waals surface area (Å²) >= 11 is 6.24. The molecular weight excluding hydrogens is 435 g/mol. The summed E-state index contributed by atoms with van der Waals surface area (Å²) in [5, 5.41) is 12.2. The third-order valence-electron chi connectivity index (χ3n) is 5.27. The Hall–Kier alpha value is -3.58. The van der Waals surface area contributed by atoms with Crippen LogP contribution in [0.2, 0.25) is 5.02 Å². The number of halogens is 2. The number of nitrogens with zero attached hydrogens (tertiary/aromatic N) is 1. The van der Waals surface area contributed by atoms with E-state index >= 15 is 0 Å². The number of amides is 2. The minimum atomic E-state index is -1.11. The van der Waals surface area contributed by atoms with Crippen LogP contribution in [0, 0.1) is 5.82 Å². The van der Waals surface area contributed by atoms with Crippen LogP contribution in [0.25, 0.3) is 0 Å². The van der Waals surface area contributed by atoms with Crippen molar-refractivity contribution in [3.63, 3.8) is 0 Å². The number of carbonyl (C=O) groups excluding carboxylic acids is 1. The number of benzene rings is 3. The Balaban J connectivity index is 1.66. The van der Waals surface area contributed by atoms with Gasteiger partial charge in [-0.2, -0.15) is 0 Å². The Morgan fingerprint density at radius 3 is 2.62 bits per heavy atom. The van der Waals surface area contributed by atoms with E-state index in [0.29, 0.717) is 28.4 Å². The molecule has 6 nitrogen and oxygen atoms in total. The quantitative estimate of drug-likeness (QED) is 0.563. The molecule has 0 saturated heterocycles. The number of hydrogen-bond donors (Lipinski definition) is 2. The molecule has 1 unspecified atom stereocenters. The summed E-state index contributed by atoms with van der Waals surface area (Å²) in [6, 6.07) is 17.8. The van der Waals surface area contributed by atoms with Crippen LogP contribution in [0.3, 0.4) is 0 Å². The lowest BCUT2D eigenvalue weighted by Crippen LogP contribution is -2.39. The van der Waals surface area contributed by atoms with E-state index < -0.39 is 30.5 Å². The highest BCUT2D eigenvalue weighted by Gasteiger charge is 2.36. The lowest BCUT2D eigenvalue weighted by Gasteiger charge is -2.27. The molecule has 2 N–H and O–H groups in total. The summed E-state index contributed by atoms with van der Waals surface area (Å²) in [4.78, 5) is 25.8. The summed E-state index contributed by atoms with van der Waals surface area (Å²) in [5.41, 5.74) is 2.78. The third kappa shape index (κ3) is 4.53. The minimum absolute atomic E-state index is 0.0307. The van der Waals surface area contributed by atoms with Crippen molar-refractivity contribution in [2.24, 2.45) is 0 Å². The molecular formula is C24H20ClFN2O4. The van der Waals surface area contributed by atoms with Crippen molar-refractivity contribution in [2.45, 2.75) is 19.1 Å². The van der Waals surface area contributed by atoms with Gasteiger partial charge in [0.2, 0.25) is 0 Å². The maximum Gasteiger partial charge on any atom is 0.341 e. The van der Waals surface area contributed by atoms with Gasteiger partial charge in [-0.05, 0) is 35.4 Å². The minimum Gasteiger partial charge on any atom is -0.482 e. The molecule has 1 heterocycles. The first-order valence-electron chi connectivity index (χ1n) is 9.93. The first kappa shape index (κ1) is 21.6. The Morgan fingerprint density at radius 1 is 1.09 bits per heavy atom. The van der Waals surface area contributed by atoms with Crippen molar-refractivity contribution < 1.29 is 23.8 Å². The van der Waals surface area contributed by atoms with E-state index in [2.05, 4.69) is 5.32 Å². The maximum absolute atomic E-state index is 14.0. The molecule has 1 aliphatic rings. The normalized spacial score (nSPS) is 14.7. The topological polar surface area (TPSA) is 78.9 Å². The predicted molar refractivity (Wildman–Crippen MR) is 117 cm³/mol. The monoisotopic (exact) mass is 454 g/mol. The third-order valence-corrected chi connectivity index (χ3v) is 5.50. The maximum atomic E-state index is 14.0. The molecule has 0 fully saturated rings. The average molecular weight is 455 g/mol. The first-order chi connectivity index (χ1) is 15.4. The molecule has 4 rings (SSSR count). The Kier molecular flexibility index (Phi) is 6.28. The molecule has 0 bridgehead atoms. The van der Waals surface area contributed by atoms with Gasteiger partial charge in [-0.1, -0.05) is 54.1 Å². The summed E-state index contributed by atoms with van der Waals surface area (Å²) in [6.45, 7) is -0.166. The van der Waals surface area contributed by atoms with Gasteiger partial charge >= 0.3 is 12.0 Å². The number of carboxylic acids is 1. The van der Waals surface area contributed by atoms with Gasteiger partial charge < -0.3 is 20.1 Å². The second kappa shape index (κ2) is 9.28. The van der Waals surface area contributed by atoms with E-state index in [9.17, 15) is 14.0 Å². The van der Waals surface area contributed by atoms with Gasteiger partial charge in [-0.25, -0.2) is 14.0 Å². The summed E-state index contributed by atoms with van der Waals surface area (Å²) in [7, 11) is 0. The Labute approximate surface area is 189 Å². The second-order valence-electron chi connectivity index (χ2n) is 7.34. The Bertz CT molecular complexity index is 1170. The van der Waals surface area contributed by atoms with Gasteiger partial charge in [0.15, 0.2) is 6.61 Å². The molecule has 0 aromatic heterocycles. The van der Waals surface area contributed by atoms with E-state index in [-0.39, 0.29) is 6.54 Å². The predicted octanol–water partition coefficient (Wildman–Crippen LogP) is 4.76. The summed E-state index contributed by atoms with van der Waals surface area (Å²) in [6.07, 6.45) is 0. The van der Waals surface area contributed by atoms with Gasteiger partial charge in [0.05, 0.1) is 6.04 Å². The molecule has 0 spiro atoms. The number of nitrogens with one attached hydrogen (secondary N) is 1. The molecule has 1 aliphatic heterocycles. The van der Waals surface area contributed by atoms with Crippen LogP contribution in [0.1, 0.15) is 28.3 Å². The summed E-state index contributed by atoms with van der Waals surface area (Å²) < 4.78 is 19.5. The van der Waals surface area contributed by atoms with Crippen LogP contribution in [-0.2, 0) is 17.9 Å². The van der Waals surface area contributed by atoms with Gasteiger partial charge in [0, 0.05) is 29.2 Å². The number of carbonyl (C=O) groups is 2. The highest BCUT2D eigenvalue weighted by Crippen LogP contribution is 2.42. The van der Waals surface area contributed by atoms with Crippen LogP contribution in [0.4, 0.5) is 9.18 Å². The zero-order chi connectivity index (χ0) is 22.7. The van der Waals surface area contributed by atoms with Crippen molar-refractivity contribution in [2.75, 3.05) is 6.61 Å². The highest BCUT2D eigenvalue weighted by molar-refractivity contribution is 6.30. The van der Waals surface area contributed by atoms with Crippen molar-refractivity contribution in [1.82, 2.24) is 10.2 Å². The molecule has 0 saturated carbocycles. The number of rotatable bonds is 6. The van der Waals surface area contributed by atoms with E-state index in [1.807, 2.05) is 24.3 Å². The molecule has 0 aliphatic carbocycles. The van der Waals surface area contributed by atoms with Crippen LogP contribution < -0.4 is 10.1 Å². The van der Waals surface area contributed by atoms with E-state index in [0.717, 1.165) is 11.1 Å². The molecule has 1 atom stereocenters. The number of urea groups is 1. The smallest absolute Gasteiger partial charge is 0.341 e. The van der Waals surface area contributed by atoms with Crippen molar-refractivity contribution in [1.29, 1.82) is 0 Å². The summed E-state index contributed by atoms with van der Waals surface area (Å²) in [5.74, 6) is -1.18. The van der Waals surface area contributed by atoms with Gasteiger partial charge in [-0.3, -0.25) is 0 Å². The lowest BCUT2D eigenvalue weighted by atomic mass is 9.97. The average Bonchev–Trinajstić information content (AvgIpc) is 3.17. The largest absolute Gasteiger partial charge is 0.482 e. The molecule has 32 heavy (non-hydrogen) atoms. The standard InChI is InChI=1S/C24H20ClFN2O4/c25-17-9-10-21(32-14-22(29)30)19(11-17)23-18-7-3-1-6-16(18)13-28(23)24(31)27-12-15-5-2-4-8-20(15)26/h1-11,23H,12-14H2,(H,27,31)(H,29,30). The first-order valence-corrected chi connectivity index (χ1v) is 10.3. The van der Waals surface area contributed by atoms with Gasteiger partial charge in [0.1, 0.15) is 11.6 Å². The number of aliphatic carboxylic acids is 1. The fourth-order valence-corrected chi connectivity index (χ4v) is 4.01. The molecule has 0 radical (unpaired) electrons. The van der Waals surface area contributed by atoms with E-state index in [1.165, 1.54) is 6.07 Å². The zero-order valence-electron chi connectivity index (χ0n) is 16.9. The molecule has 164 valence electrons. The lowest BCUT2D eigenvalue weighted by molar-refractivity contribution is -0.139. The molecule has 8 heteroatoms. The second-order valence-corrected chi connectivity index (χ2v) is 7.78. The number of fused-ring (bicyclic) bond motifs is 1. The highest BCUT2D eigenvalue weighted by atomic mass is 35.5. The Morgan fingerprint density at radius 2 is 1.84 bits per heavy atom. The zero-order valence-corrected chi connectivity index (χ0v) is 17.7. The van der Waals surface area contributed by atoms with Crippen LogP contribution in [0.15, 0.2) is 66.7 Å². The van der Waals surface area contributed by atoms with Crippen LogP contribution in [0.5, 0.6) is 5.75 Å². The fraction of sp³-hybridized carbons (Fsp3) is 0.167. The van der Waals surface area contributed by atoms with Gasteiger partial charge in [0.25, 0.3) is 0 Å². The number of hydrogen-bond acceptors (Lipinski definition) is 3. The molecule has 3 aromatic carbocycles. The van der Waals surface area contributed by atoms with E-state index in [4.69, 9.17) is 21.4 Å². The number of carboxylic acid groups (broad SMARTS) is 1. The van der Waals surface area contributed by atoms with E-state index in [1.54, 1.807) is 41.3 Å². The van der Waals surface area contributed by atoms with Crippen molar-refractivity contribution >= 4 is 23.6 Å². The van der Waals surface area contributed by atoms with Crippen molar-refractivity contribution in [3.8, 4) is 5.75 Å².